The van der Waals surface area contributed by atoms with Crippen LogP contribution >= 0.6 is 23.2 Å². The van der Waals surface area contributed by atoms with Gasteiger partial charge in [-0.25, -0.2) is 0 Å². The summed E-state index contributed by atoms with van der Waals surface area (Å²) in [7, 11) is 0. The topological polar surface area (TPSA) is 67.6 Å². The number of aromatic amines is 1. The summed E-state index contributed by atoms with van der Waals surface area (Å²) in [5.41, 5.74) is 7.62. The molecule has 0 bridgehead atoms. The summed E-state index contributed by atoms with van der Waals surface area (Å²) in [6, 6.07) is 5.13. The van der Waals surface area contributed by atoms with Crippen LogP contribution in [0.2, 0.25) is 10.0 Å². The SMILES string of the molecule is NC(Cc1ccc(Cl)cc1Cl)c1cn[nH]n1. The molecular formula is C10H10Cl2N4. The Labute approximate surface area is 103 Å². The molecule has 0 saturated heterocycles. The van der Waals surface area contributed by atoms with Gasteiger partial charge >= 0.3 is 0 Å². The highest BCUT2D eigenvalue weighted by atomic mass is 35.5. The molecule has 2 rings (SSSR count). The lowest BCUT2D eigenvalue weighted by atomic mass is 10.0. The predicted octanol–water partition coefficient (Wildman–Crippen LogP) is 2.35. The first-order valence-corrected chi connectivity index (χ1v) is 5.47. The fourth-order valence-electron chi connectivity index (χ4n) is 1.42. The molecule has 0 amide bonds. The van der Waals surface area contributed by atoms with Crippen LogP contribution in [0.25, 0.3) is 0 Å². The van der Waals surface area contributed by atoms with Crippen LogP contribution in [0.5, 0.6) is 0 Å². The molecule has 2 aromatic rings. The first-order valence-electron chi connectivity index (χ1n) is 4.72. The zero-order valence-electron chi connectivity index (χ0n) is 8.32. The van der Waals surface area contributed by atoms with Gasteiger partial charge in [0.25, 0.3) is 0 Å². The Kier molecular flexibility index (Phi) is 3.43. The van der Waals surface area contributed by atoms with E-state index >= 15 is 0 Å². The standard InChI is InChI=1S/C10H10Cl2N4/c11-7-2-1-6(8(12)4-7)3-9(13)10-5-14-16-15-10/h1-2,4-5,9H,3,13H2,(H,14,15,16). The summed E-state index contributed by atoms with van der Waals surface area (Å²) < 4.78 is 0. The Bertz CT molecular complexity index is 470. The molecule has 1 atom stereocenters. The summed E-state index contributed by atoms with van der Waals surface area (Å²) in [4.78, 5) is 0. The van der Waals surface area contributed by atoms with Crippen molar-refractivity contribution in [3.8, 4) is 0 Å². The number of rotatable bonds is 3. The van der Waals surface area contributed by atoms with Crippen LogP contribution in [0.3, 0.4) is 0 Å². The summed E-state index contributed by atoms with van der Waals surface area (Å²) in [5, 5.41) is 11.4. The monoisotopic (exact) mass is 256 g/mol. The summed E-state index contributed by atoms with van der Waals surface area (Å²) >= 11 is 11.9. The second kappa shape index (κ2) is 4.82. The molecule has 1 aromatic carbocycles. The Balaban J connectivity index is 2.15. The molecule has 3 N–H and O–H groups in total. The fraction of sp³-hybridized carbons (Fsp3) is 0.200. The van der Waals surface area contributed by atoms with Crippen LogP contribution in [0, 0.1) is 0 Å². The second-order valence-electron chi connectivity index (χ2n) is 3.44. The zero-order valence-corrected chi connectivity index (χ0v) is 9.83. The average Bonchev–Trinajstić information content (AvgIpc) is 2.75. The van der Waals surface area contributed by atoms with Crippen molar-refractivity contribution >= 4 is 23.2 Å². The van der Waals surface area contributed by atoms with Gasteiger partial charge in [0.15, 0.2) is 0 Å². The number of aromatic nitrogens is 3. The maximum Gasteiger partial charge on any atom is 0.0995 e. The third-order valence-electron chi connectivity index (χ3n) is 2.27. The van der Waals surface area contributed by atoms with Gasteiger partial charge in [0.1, 0.15) is 0 Å². The molecular weight excluding hydrogens is 247 g/mol. The van der Waals surface area contributed by atoms with E-state index in [2.05, 4.69) is 15.4 Å². The van der Waals surface area contributed by atoms with Crippen LogP contribution < -0.4 is 5.73 Å². The van der Waals surface area contributed by atoms with E-state index in [1.807, 2.05) is 6.07 Å². The van der Waals surface area contributed by atoms with Gasteiger partial charge in [-0.05, 0) is 24.1 Å². The molecule has 0 saturated carbocycles. The van der Waals surface area contributed by atoms with Crippen molar-refractivity contribution in [2.24, 2.45) is 5.73 Å². The van der Waals surface area contributed by atoms with Crippen LogP contribution in [-0.2, 0) is 6.42 Å². The van der Waals surface area contributed by atoms with E-state index in [0.29, 0.717) is 22.2 Å². The van der Waals surface area contributed by atoms with E-state index in [0.717, 1.165) is 5.56 Å². The molecule has 1 aromatic heterocycles. The molecule has 1 heterocycles. The molecule has 0 fully saturated rings. The van der Waals surface area contributed by atoms with Gasteiger partial charge in [0, 0.05) is 10.0 Å². The molecule has 0 aliphatic heterocycles. The van der Waals surface area contributed by atoms with Gasteiger partial charge in [0.05, 0.1) is 17.9 Å². The molecule has 0 aliphatic rings. The van der Waals surface area contributed by atoms with Crippen LogP contribution in [0.1, 0.15) is 17.3 Å². The first kappa shape index (κ1) is 11.4. The number of benzene rings is 1. The van der Waals surface area contributed by atoms with Crippen LogP contribution in [-0.4, -0.2) is 15.4 Å². The van der Waals surface area contributed by atoms with Crippen molar-refractivity contribution in [1.82, 2.24) is 15.4 Å². The second-order valence-corrected chi connectivity index (χ2v) is 4.28. The summed E-state index contributed by atoms with van der Waals surface area (Å²) in [6.45, 7) is 0. The van der Waals surface area contributed by atoms with Crippen LogP contribution in [0.4, 0.5) is 0 Å². The third kappa shape index (κ3) is 2.52. The molecule has 4 nitrogen and oxygen atoms in total. The maximum absolute atomic E-state index is 6.05. The molecule has 84 valence electrons. The number of hydrogen-bond donors (Lipinski definition) is 2. The number of nitrogens with one attached hydrogen (secondary N) is 1. The van der Waals surface area contributed by atoms with Crippen molar-refractivity contribution in [3.05, 3.63) is 45.7 Å². The highest BCUT2D eigenvalue weighted by Gasteiger charge is 2.11. The summed E-state index contributed by atoms with van der Waals surface area (Å²) in [5.74, 6) is 0. The van der Waals surface area contributed by atoms with Gasteiger partial charge in [-0.1, -0.05) is 29.3 Å². The lowest BCUT2D eigenvalue weighted by Crippen LogP contribution is -2.14. The van der Waals surface area contributed by atoms with Crippen molar-refractivity contribution in [2.75, 3.05) is 0 Å². The van der Waals surface area contributed by atoms with Crippen LogP contribution in [0.15, 0.2) is 24.4 Å². The van der Waals surface area contributed by atoms with Crippen molar-refractivity contribution in [3.63, 3.8) is 0 Å². The molecule has 0 radical (unpaired) electrons. The molecule has 0 aliphatic carbocycles. The Morgan fingerprint density at radius 2 is 2.19 bits per heavy atom. The van der Waals surface area contributed by atoms with Crippen molar-refractivity contribution in [1.29, 1.82) is 0 Å². The van der Waals surface area contributed by atoms with E-state index in [4.69, 9.17) is 28.9 Å². The molecule has 0 spiro atoms. The number of nitrogens with zero attached hydrogens (tertiary/aromatic N) is 2. The van der Waals surface area contributed by atoms with Gasteiger partial charge in [-0.3, -0.25) is 0 Å². The minimum Gasteiger partial charge on any atom is -0.322 e. The van der Waals surface area contributed by atoms with E-state index < -0.39 is 0 Å². The quantitative estimate of drug-likeness (QED) is 0.886. The third-order valence-corrected chi connectivity index (χ3v) is 2.86. The number of hydrogen-bond acceptors (Lipinski definition) is 3. The first-order chi connectivity index (χ1) is 7.66. The largest absolute Gasteiger partial charge is 0.322 e. The molecule has 6 heteroatoms. The zero-order chi connectivity index (χ0) is 11.5. The Hall–Kier alpha value is -1.10. The minimum absolute atomic E-state index is 0.225. The van der Waals surface area contributed by atoms with Gasteiger partial charge in [0.2, 0.25) is 0 Å². The van der Waals surface area contributed by atoms with Gasteiger partial charge in [-0.2, -0.15) is 15.4 Å². The Morgan fingerprint density at radius 3 is 2.81 bits per heavy atom. The maximum atomic E-state index is 6.05. The van der Waals surface area contributed by atoms with E-state index in [-0.39, 0.29) is 6.04 Å². The highest BCUT2D eigenvalue weighted by molar-refractivity contribution is 6.35. The van der Waals surface area contributed by atoms with Gasteiger partial charge in [-0.15, -0.1) is 0 Å². The number of halogens is 2. The fourth-order valence-corrected chi connectivity index (χ4v) is 1.90. The minimum atomic E-state index is -0.225. The molecule has 1 unspecified atom stereocenters. The smallest absolute Gasteiger partial charge is 0.0995 e. The van der Waals surface area contributed by atoms with Gasteiger partial charge < -0.3 is 5.73 Å². The van der Waals surface area contributed by atoms with E-state index in [1.54, 1.807) is 18.3 Å². The lowest BCUT2D eigenvalue weighted by Gasteiger charge is -2.09. The Morgan fingerprint density at radius 1 is 1.38 bits per heavy atom. The van der Waals surface area contributed by atoms with Crippen molar-refractivity contribution < 1.29 is 0 Å². The average molecular weight is 257 g/mol. The van der Waals surface area contributed by atoms with E-state index in [9.17, 15) is 0 Å². The lowest BCUT2D eigenvalue weighted by molar-refractivity contribution is 0.691. The normalized spacial score (nSPS) is 12.7. The molecule has 16 heavy (non-hydrogen) atoms. The number of nitrogens with two attached hydrogens (primary N) is 1. The highest BCUT2D eigenvalue weighted by Crippen LogP contribution is 2.24. The number of H-pyrrole nitrogens is 1. The van der Waals surface area contributed by atoms with E-state index in [1.165, 1.54) is 0 Å². The summed E-state index contributed by atoms with van der Waals surface area (Å²) in [6.07, 6.45) is 2.21. The predicted molar refractivity (Wildman–Crippen MR) is 63.5 cm³/mol. The van der Waals surface area contributed by atoms with Crippen molar-refractivity contribution in [2.45, 2.75) is 12.5 Å².